The van der Waals surface area contributed by atoms with E-state index in [2.05, 4.69) is 34.8 Å². The Hall–Kier alpha value is -3.55. The van der Waals surface area contributed by atoms with Gasteiger partial charge in [-0.3, -0.25) is 14.4 Å². The molecule has 210 valence electrons. The number of nitrogens with one attached hydrogen (secondary N) is 2. The lowest BCUT2D eigenvalue weighted by molar-refractivity contribution is -0.142. The van der Waals surface area contributed by atoms with Gasteiger partial charge in [0.1, 0.15) is 5.75 Å². The number of amides is 2. The molecule has 2 N–H and O–H groups in total. The van der Waals surface area contributed by atoms with E-state index in [1.54, 1.807) is 13.0 Å². The van der Waals surface area contributed by atoms with Crippen LogP contribution in [0.1, 0.15) is 80.3 Å². The van der Waals surface area contributed by atoms with E-state index in [1.807, 2.05) is 43.9 Å². The lowest BCUT2D eigenvalue weighted by atomic mass is 9.85. The number of carbonyl (C=O) groups is 2. The number of hydrogen-bond donors (Lipinski definition) is 2. The number of para-hydroxylation sites is 1. The Balaban J connectivity index is 1.57. The number of rotatable bonds is 8. The van der Waals surface area contributed by atoms with Crippen LogP contribution in [0, 0.1) is 25.2 Å². The summed E-state index contributed by atoms with van der Waals surface area (Å²) in [7, 11) is 1.52. The van der Waals surface area contributed by atoms with Crippen molar-refractivity contribution in [2.45, 2.75) is 73.4 Å². The number of aromatic amines is 1. The monoisotopic (exact) mass is 534 g/mol. The summed E-state index contributed by atoms with van der Waals surface area (Å²) in [4.78, 5) is 43.9. The van der Waals surface area contributed by atoms with Crippen molar-refractivity contribution in [2.75, 3.05) is 20.2 Å². The highest BCUT2D eigenvalue weighted by molar-refractivity contribution is 6.08. The normalized spacial score (nSPS) is 15.4. The maximum Gasteiger partial charge on any atom is 0.256 e. The van der Waals surface area contributed by atoms with Crippen LogP contribution in [0.2, 0.25) is 0 Å². The smallest absolute Gasteiger partial charge is 0.256 e. The minimum absolute atomic E-state index is 0.0622. The van der Waals surface area contributed by atoms with Gasteiger partial charge in [-0.2, -0.15) is 0 Å². The van der Waals surface area contributed by atoms with Crippen molar-refractivity contribution in [2.24, 2.45) is 11.3 Å². The number of nitrogens with zero attached hydrogens (tertiary/aromatic N) is 2. The van der Waals surface area contributed by atoms with E-state index < -0.39 is 0 Å². The van der Waals surface area contributed by atoms with Gasteiger partial charge in [0.05, 0.1) is 24.8 Å². The number of benzene rings is 1. The summed E-state index contributed by atoms with van der Waals surface area (Å²) >= 11 is 0. The molecule has 1 saturated heterocycles. The van der Waals surface area contributed by atoms with Gasteiger partial charge < -0.3 is 24.5 Å². The van der Waals surface area contributed by atoms with E-state index in [9.17, 15) is 14.4 Å². The van der Waals surface area contributed by atoms with Crippen molar-refractivity contribution in [1.82, 2.24) is 19.8 Å². The fourth-order valence-electron chi connectivity index (χ4n) is 5.87. The van der Waals surface area contributed by atoms with Crippen molar-refractivity contribution in [3.05, 3.63) is 63.2 Å². The molecule has 2 aromatic heterocycles. The largest absolute Gasteiger partial charge is 0.496 e. The lowest BCUT2D eigenvalue weighted by Crippen LogP contribution is -2.45. The number of aromatic nitrogens is 2. The standard InChI is InChI=1S/C31H42N4O4/c1-8-31(5,6)30(38)34-15-13-22(14-16-34)20(3)35-21(4)27(23-11-9-10-12-25(23)35)29(37)32-18-24-26(39-7)17-19(2)33-28(24)36/h9-12,17,20,22H,8,13-16,18H2,1-7H3,(H,32,37)(H,33,36)/t20-/m1/s1. The van der Waals surface area contributed by atoms with E-state index in [0.29, 0.717) is 28.5 Å². The number of methoxy groups -OCH3 is 1. The molecule has 8 nitrogen and oxygen atoms in total. The van der Waals surface area contributed by atoms with Crippen LogP contribution >= 0.6 is 0 Å². The Morgan fingerprint density at radius 2 is 1.85 bits per heavy atom. The van der Waals surface area contributed by atoms with Crippen molar-refractivity contribution in [1.29, 1.82) is 0 Å². The number of H-pyrrole nitrogens is 1. The predicted molar refractivity (Wildman–Crippen MR) is 154 cm³/mol. The lowest BCUT2D eigenvalue weighted by Gasteiger charge is -2.39. The maximum absolute atomic E-state index is 13.6. The number of fused-ring (bicyclic) bond motifs is 1. The molecule has 0 spiro atoms. The van der Waals surface area contributed by atoms with Gasteiger partial charge in [-0.25, -0.2) is 0 Å². The number of pyridine rings is 1. The van der Waals surface area contributed by atoms with Gasteiger partial charge in [0, 0.05) is 46.8 Å². The van der Waals surface area contributed by atoms with Gasteiger partial charge in [0.25, 0.3) is 11.5 Å². The Morgan fingerprint density at radius 1 is 1.18 bits per heavy atom. The molecule has 4 rings (SSSR count). The second kappa shape index (κ2) is 11.3. The molecule has 0 aliphatic carbocycles. The summed E-state index contributed by atoms with van der Waals surface area (Å²) in [6.45, 7) is 13.7. The average Bonchev–Trinajstić information content (AvgIpc) is 3.22. The number of ether oxygens (including phenoxy) is 1. The van der Waals surface area contributed by atoms with Crippen LogP contribution in [0.5, 0.6) is 5.75 Å². The number of carbonyl (C=O) groups excluding carboxylic acids is 2. The summed E-state index contributed by atoms with van der Waals surface area (Å²) in [5.41, 5.74) is 3.02. The third kappa shape index (κ3) is 5.47. The second-order valence-corrected chi connectivity index (χ2v) is 11.5. The third-order valence-electron chi connectivity index (χ3n) is 8.64. The summed E-state index contributed by atoms with van der Waals surface area (Å²) < 4.78 is 7.67. The summed E-state index contributed by atoms with van der Waals surface area (Å²) in [6, 6.07) is 9.90. The molecule has 39 heavy (non-hydrogen) atoms. The van der Waals surface area contributed by atoms with Crippen molar-refractivity contribution >= 4 is 22.7 Å². The number of hydrogen-bond acceptors (Lipinski definition) is 4. The number of likely N-dealkylation sites (tertiary alicyclic amines) is 1. The number of piperidine rings is 1. The van der Waals surface area contributed by atoms with Crippen LogP contribution in [0.25, 0.3) is 10.9 Å². The molecule has 3 heterocycles. The first-order valence-corrected chi connectivity index (χ1v) is 13.9. The van der Waals surface area contributed by atoms with E-state index >= 15 is 0 Å². The van der Waals surface area contributed by atoms with Gasteiger partial charge in [-0.15, -0.1) is 0 Å². The Kier molecular flexibility index (Phi) is 8.23. The summed E-state index contributed by atoms with van der Waals surface area (Å²) in [5, 5.41) is 3.85. The molecule has 1 aromatic carbocycles. The predicted octanol–water partition coefficient (Wildman–Crippen LogP) is 5.12. The fraction of sp³-hybridized carbons (Fsp3) is 0.516. The van der Waals surface area contributed by atoms with Crippen LogP contribution in [-0.4, -0.2) is 46.5 Å². The molecule has 0 bridgehead atoms. The van der Waals surface area contributed by atoms with Crippen molar-refractivity contribution in [3.63, 3.8) is 0 Å². The second-order valence-electron chi connectivity index (χ2n) is 11.5. The van der Waals surface area contributed by atoms with Crippen LogP contribution in [0.15, 0.2) is 35.1 Å². The molecular weight excluding hydrogens is 492 g/mol. The average molecular weight is 535 g/mol. The van der Waals surface area contributed by atoms with E-state index in [4.69, 9.17) is 4.74 Å². The minimum Gasteiger partial charge on any atom is -0.496 e. The molecule has 8 heteroatoms. The Morgan fingerprint density at radius 3 is 2.49 bits per heavy atom. The SMILES string of the molecule is CCC(C)(C)C(=O)N1CCC([C@@H](C)n2c(C)c(C(=O)NCc3c(OC)cc(C)[nH]c3=O)c3ccccc32)CC1. The molecule has 1 fully saturated rings. The van der Waals surface area contributed by atoms with Crippen LogP contribution in [0.4, 0.5) is 0 Å². The van der Waals surface area contributed by atoms with Gasteiger partial charge >= 0.3 is 0 Å². The first kappa shape index (κ1) is 28.5. The molecule has 1 atom stereocenters. The highest BCUT2D eigenvalue weighted by Gasteiger charge is 2.35. The quantitative estimate of drug-likeness (QED) is 0.419. The van der Waals surface area contributed by atoms with Crippen LogP contribution < -0.4 is 15.6 Å². The maximum atomic E-state index is 13.6. The molecule has 0 radical (unpaired) electrons. The van der Waals surface area contributed by atoms with Crippen molar-refractivity contribution in [3.8, 4) is 5.75 Å². The molecule has 1 aliphatic rings. The van der Waals surface area contributed by atoms with Gasteiger partial charge in [0.2, 0.25) is 5.91 Å². The van der Waals surface area contributed by atoms with E-state index in [0.717, 1.165) is 48.9 Å². The zero-order chi connectivity index (χ0) is 28.5. The highest BCUT2D eigenvalue weighted by atomic mass is 16.5. The van der Waals surface area contributed by atoms with Crippen LogP contribution in [0.3, 0.4) is 0 Å². The summed E-state index contributed by atoms with van der Waals surface area (Å²) in [6.07, 6.45) is 2.68. The molecule has 3 aromatic rings. The van der Waals surface area contributed by atoms with Gasteiger partial charge in [-0.1, -0.05) is 39.0 Å². The molecular formula is C31H42N4O4. The molecule has 1 aliphatic heterocycles. The summed E-state index contributed by atoms with van der Waals surface area (Å²) in [5.74, 6) is 0.858. The van der Waals surface area contributed by atoms with E-state index in [1.165, 1.54) is 7.11 Å². The fourth-order valence-corrected chi connectivity index (χ4v) is 5.87. The first-order valence-electron chi connectivity index (χ1n) is 13.9. The minimum atomic E-state index is -0.332. The van der Waals surface area contributed by atoms with Crippen LogP contribution in [-0.2, 0) is 11.3 Å². The molecule has 2 amide bonds. The zero-order valence-electron chi connectivity index (χ0n) is 24.3. The Bertz CT molecular complexity index is 1430. The van der Waals surface area contributed by atoms with Gasteiger partial charge in [0.15, 0.2) is 0 Å². The number of aryl methyl sites for hydroxylation is 1. The topological polar surface area (TPSA) is 96.4 Å². The molecule has 0 unspecified atom stereocenters. The van der Waals surface area contributed by atoms with Crippen molar-refractivity contribution < 1.29 is 14.3 Å². The highest BCUT2D eigenvalue weighted by Crippen LogP contribution is 2.36. The van der Waals surface area contributed by atoms with E-state index in [-0.39, 0.29) is 35.4 Å². The van der Waals surface area contributed by atoms with Gasteiger partial charge in [-0.05, 0) is 58.1 Å². The zero-order valence-corrected chi connectivity index (χ0v) is 24.3. The molecule has 0 saturated carbocycles. The third-order valence-corrected chi connectivity index (χ3v) is 8.64. The first-order chi connectivity index (χ1) is 18.5. The Labute approximate surface area is 230 Å².